The number of carbonyl (C=O) groups is 1. The molecule has 0 aromatic carbocycles. The maximum absolute atomic E-state index is 11.9. The first-order valence-electron chi connectivity index (χ1n) is 6.78. The van der Waals surface area contributed by atoms with Gasteiger partial charge in [-0.05, 0) is 32.1 Å². The maximum Gasteiger partial charge on any atom is 0.410 e. The Hall–Kier alpha value is -0.770. The summed E-state index contributed by atoms with van der Waals surface area (Å²) in [4.78, 5) is 13.6. The minimum absolute atomic E-state index is 0.166. The number of carbonyl (C=O) groups excluding carboxylic acids is 1. The molecule has 0 radical (unpaired) electrons. The fraction of sp³-hybridized carbons (Fsp3) is 0.923. The van der Waals surface area contributed by atoms with E-state index in [1.807, 2.05) is 7.05 Å². The highest BCUT2D eigenvalue weighted by Gasteiger charge is 2.27. The highest BCUT2D eigenvalue weighted by molar-refractivity contribution is 5.68. The summed E-state index contributed by atoms with van der Waals surface area (Å²) in [6.07, 6.45) is 7.77. The molecule has 2 aliphatic rings. The number of nitrogens with zero attached hydrogens (tertiary/aromatic N) is 1. The molecule has 2 fully saturated rings. The van der Waals surface area contributed by atoms with E-state index in [0.717, 1.165) is 32.3 Å². The van der Waals surface area contributed by atoms with E-state index < -0.39 is 0 Å². The van der Waals surface area contributed by atoms with Crippen molar-refractivity contribution in [2.75, 3.05) is 20.3 Å². The lowest BCUT2D eigenvalue weighted by atomic mass is 9.96. The third-order valence-electron chi connectivity index (χ3n) is 3.79. The quantitative estimate of drug-likeness (QED) is 0.746. The zero-order chi connectivity index (χ0) is 12.1. The van der Waals surface area contributed by atoms with Crippen molar-refractivity contribution in [3.05, 3.63) is 0 Å². The van der Waals surface area contributed by atoms with Gasteiger partial charge in [-0.1, -0.05) is 12.8 Å². The third kappa shape index (κ3) is 3.60. The molecule has 17 heavy (non-hydrogen) atoms. The number of ether oxygens (including phenoxy) is 2. The third-order valence-corrected chi connectivity index (χ3v) is 3.79. The van der Waals surface area contributed by atoms with Gasteiger partial charge in [0.25, 0.3) is 0 Å². The van der Waals surface area contributed by atoms with Crippen LogP contribution in [-0.2, 0) is 9.47 Å². The first kappa shape index (κ1) is 12.7. The van der Waals surface area contributed by atoms with Gasteiger partial charge < -0.3 is 14.4 Å². The molecule has 0 aromatic heterocycles. The molecule has 1 aliphatic heterocycles. The van der Waals surface area contributed by atoms with Gasteiger partial charge in [0.1, 0.15) is 6.10 Å². The molecule has 0 spiro atoms. The zero-order valence-corrected chi connectivity index (χ0v) is 10.7. The summed E-state index contributed by atoms with van der Waals surface area (Å²) in [5.41, 5.74) is 0. The van der Waals surface area contributed by atoms with Crippen molar-refractivity contribution in [3.63, 3.8) is 0 Å². The first-order chi connectivity index (χ1) is 8.27. The SMILES string of the molecule is CN(C(=O)OC1CCC1)C1CCCCCOC1. The second-order valence-electron chi connectivity index (χ2n) is 5.13. The van der Waals surface area contributed by atoms with Gasteiger partial charge in [0.2, 0.25) is 0 Å². The molecule has 1 unspecified atom stereocenters. The molecule has 1 atom stereocenters. The molecule has 0 aromatic rings. The van der Waals surface area contributed by atoms with Crippen LogP contribution in [0, 0.1) is 0 Å². The van der Waals surface area contributed by atoms with E-state index in [-0.39, 0.29) is 18.2 Å². The highest BCUT2D eigenvalue weighted by atomic mass is 16.6. The van der Waals surface area contributed by atoms with Crippen LogP contribution in [0.2, 0.25) is 0 Å². The lowest BCUT2D eigenvalue weighted by molar-refractivity contribution is 0.00560. The van der Waals surface area contributed by atoms with E-state index in [0.29, 0.717) is 6.61 Å². The Labute approximate surface area is 103 Å². The molecule has 1 amide bonds. The van der Waals surface area contributed by atoms with Crippen molar-refractivity contribution in [1.82, 2.24) is 4.90 Å². The van der Waals surface area contributed by atoms with Crippen LogP contribution in [0.25, 0.3) is 0 Å². The van der Waals surface area contributed by atoms with Gasteiger partial charge in [-0.25, -0.2) is 4.79 Å². The number of hydrogen-bond donors (Lipinski definition) is 0. The van der Waals surface area contributed by atoms with Crippen LogP contribution >= 0.6 is 0 Å². The van der Waals surface area contributed by atoms with Crippen molar-refractivity contribution in [1.29, 1.82) is 0 Å². The normalized spacial score (nSPS) is 26.5. The average molecular weight is 241 g/mol. The lowest BCUT2D eigenvalue weighted by Crippen LogP contribution is -2.43. The zero-order valence-electron chi connectivity index (χ0n) is 10.7. The molecule has 1 aliphatic carbocycles. The minimum Gasteiger partial charge on any atom is -0.446 e. The Morgan fingerprint density at radius 1 is 1.18 bits per heavy atom. The van der Waals surface area contributed by atoms with Crippen LogP contribution in [0.3, 0.4) is 0 Å². The molecule has 1 saturated heterocycles. The van der Waals surface area contributed by atoms with Crippen LogP contribution < -0.4 is 0 Å². The summed E-state index contributed by atoms with van der Waals surface area (Å²) in [5.74, 6) is 0. The summed E-state index contributed by atoms with van der Waals surface area (Å²) >= 11 is 0. The van der Waals surface area contributed by atoms with E-state index in [2.05, 4.69) is 0 Å². The van der Waals surface area contributed by atoms with Gasteiger partial charge in [0, 0.05) is 13.7 Å². The molecule has 4 nitrogen and oxygen atoms in total. The van der Waals surface area contributed by atoms with Crippen LogP contribution in [0.4, 0.5) is 4.79 Å². The Morgan fingerprint density at radius 2 is 2.00 bits per heavy atom. The molecule has 4 heteroatoms. The molecule has 2 rings (SSSR count). The Morgan fingerprint density at radius 3 is 2.71 bits per heavy atom. The summed E-state index contributed by atoms with van der Waals surface area (Å²) in [6.45, 7) is 1.47. The fourth-order valence-electron chi connectivity index (χ4n) is 2.23. The van der Waals surface area contributed by atoms with E-state index in [1.54, 1.807) is 4.90 Å². The van der Waals surface area contributed by atoms with Crippen LogP contribution in [0.15, 0.2) is 0 Å². The van der Waals surface area contributed by atoms with E-state index >= 15 is 0 Å². The largest absolute Gasteiger partial charge is 0.446 e. The summed E-state index contributed by atoms with van der Waals surface area (Å²) in [5, 5.41) is 0. The number of likely N-dealkylation sites (N-methyl/N-ethyl adjacent to an activating group) is 1. The first-order valence-corrected chi connectivity index (χ1v) is 6.78. The molecule has 1 saturated carbocycles. The maximum atomic E-state index is 11.9. The second-order valence-corrected chi connectivity index (χ2v) is 5.13. The Bertz CT molecular complexity index is 245. The van der Waals surface area contributed by atoms with Crippen LogP contribution in [-0.4, -0.2) is 43.4 Å². The van der Waals surface area contributed by atoms with E-state index in [1.165, 1.54) is 19.3 Å². The van der Waals surface area contributed by atoms with Gasteiger partial charge >= 0.3 is 6.09 Å². The average Bonchev–Trinajstić information content (AvgIpc) is 2.22. The molecular weight excluding hydrogens is 218 g/mol. The molecule has 98 valence electrons. The van der Waals surface area contributed by atoms with Gasteiger partial charge in [0.15, 0.2) is 0 Å². The van der Waals surface area contributed by atoms with E-state index in [9.17, 15) is 4.79 Å². The van der Waals surface area contributed by atoms with Crippen molar-refractivity contribution in [2.45, 2.75) is 57.1 Å². The predicted octanol–water partition coefficient (Wildman–Crippen LogP) is 2.57. The number of amides is 1. The molecule has 1 heterocycles. The van der Waals surface area contributed by atoms with Gasteiger partial charge in [0.05, 0.1) is 12.6 Å². The van der Waals surface area contributed by atoms with E-state index in [4.69, 9.17) is 9.47 Å². The fourth-order valence-corrected chi connectivity index (χ4v) is 2.23. The van der Waals surface area contributed by atoms with Crippen molar-refractivity contribution < 1.29 is 14.3 Å². The van der Waals surface area contributed by atoms with Gasteiger partial charge in [-0.2, -0.15) is 0 Å². The second kappa shape index (κ2) is 6.24. The summed E-state index contributed by atoms with van der Waals surface area (Å²) in [6, 6.07) is 0.183. The van der Waals surface area contributed by atoms with Crippen molar-refractivity contribution in [2.24, 2.45) is 0 Å². The topological polar surface area (TPSA) is 38.8 Å². The van der Waals surface area contributed by atoms with Gasteiger partial charge in [-0.15, -0.1) is 0 Å². The highest BCUT2D eigenvalue weighted by Crippen LogP contribution is 2.23. The van der Waals surface area contributed by atoms with Crippen molar-refractivity contribution in [3.8, 4) is 0 Å². The molecular formula is C13H23NO3. The molecule has 0 N–H and O–H groups in total. The number of rotatable bonds is 2. The van der Waals surface area contributed by atoms with Crippen LogP contribution in [0.1, 0.15) is 44.9 Å². The molecule has 0 bridgehead atoms. The summed E-state index contributed by atoms with van der Waals surface area (Å²) < 4.78 is 11.0. The Kier molecular flexibility index (Phi) is 4.66. The monoisotopic (exact) mass is 241 g/mol. The van der Waals surface area contributed by atoms with Gasteiger partial charge in [-0.3, -0.25) is 0 Å². The smallest absolute Gasteiger partial charge is 0.410 e. The number of hydrogen-bond acceptors (Lipinski definition) is 3. The minimum atomic E-state index is -0.177. The van der Waals surface area contributed by atoms with Crippen LogP contribution in [0.5, 0.6) is 0 Å². The lowest BCUT2D eigenvalue weighted by Gasteiger charge is -2.32. The standard InChI is InChI=1S/C13H23NO3/c1-14(13(15)17-12-7-5-8-12)11-6-3-2-4-9-16-10-11/h11-12H,2-10H2,1H3. The summed E-state index contributed by atoms with van der Waals surface area (Å²) in [7, 11) is 1.83. The van der Waals surface area contributed by atoms with Crippen molar-refractivity contribution >= 4 is 6.09 Å². The predicted molar refractivity (Wildman–Crippen MR) is 65.0 cm³/mol. The Balaban J connectivity index is 1.78.